The van der Waals surface area contributed by atoms with Crippen molar-refractivity contribution < 1.29 is 9.53 Å². The van der Waals surface area contributed by atoms with Gasteiger partial charge in [0, 0.05) is 11.7 Å². The number of H-pyrrole nitrogens is 2. The minimum atomic E-state index is -0.736. The van der Waals surface area contributed by atoms with E-state index >= 15 is 0 Å². The first-order valence-corrected chi connectivity index (χ1v) is 6.36. The molecule has 1 fully saturated rings. The van der Waals surface area contributed by atoms with Crippen molar-refractivity contribution >= 4 is 22.6 Å². The Labute approximate surface area is 114 Å². The van der Waals surface area contributed by atoms with Gasteiger partial charge in [0.25, 0.3) is 0 Å². The molecular weight excluding hydrogens is 260 g/mol. The van der Waals surface area contributed by atoms with Crippen molar-refractivity contribution in [1.29, 1.82) is 0 Å². The van der Waals surface area contributed by atoms with Gasteiger partial charge in [-0.05, 0) is 25.1 Å². The van der Waals surface area contributed by atoms with Crippen molar-refractivity contribution in [3.63, 3.8) is 0 Å². The fourth-order valence-electron chi connectivity index (χ4n) is 2.31. The maximum Gasteiger partial charge on any atom is 0.323 e. The van der Waals surface area contributed by atoms with Gasteiger partial charge in [0.05, 0.1) is 29.7 Å². The van der Waals surface area contributed by atoms with E-state index < -0.39 is 5.41 Å². The molecule has 1 aromatic carbocycles. The summed E-state index contributed by atoms with van der Waals surface area (Å²) in [5, 5.41) is 2.82. The third-order valence-electron chi connectivity index (χ3n) is 3.81. The normalized spacial score (nSPS) is 26.0. The predicted molar refractivity (Wildman–Crippen MR) is 74.5 cm³/mol. The second-order valence-corrected chi connectivity index (χ2v) is 5.33. The van der Waals surface area contributed by atoms with Gasteiger partial charge in [-0.25, -0.2) is 4.79 Å². The number of carbonyl (C=O) groups is 1. The number of nitrogens with two attached hydrogens (primary N) is 1. The first-order valence-electron chi connectivity index (χ1n) is 6.36. The number of hydrogen-bond donors (Lipinski definition) is 4. The first-order chi connectivity index (χ1) is 9.49. The minimum Gasteiger partial charge on any atom is -0.379 e. The van der Waals surface area contributed by atoms with E-state index in [1.807, 2.05) is 0 Å². The van der Waals surface area contributed by atoms with Gasteiger partial charge in [-0.15, -0.1) is 0 Å². The molecule has 2 heterocycles. The van der Waals surface area contributed by atoms with Crippen LogP contribution in [0.15, 0.2) is 23.0 Å². The first kappa shape index (κ1) is 12.9. The van der Waals surface area contributed by atoms with Crippen LogP contribution in [0.4, 0.5) is 5.69 Å². The summed E-state index contributed by atoms with van der Waals surface area (Å²) in [5.41, 5.74) is 6.86. The Bertz CT molecular complexity index is 720. The number of anilines is 1. The third-order valence-corrected chi connectivity index (χ3v) is 3.81. The smallest absolute Gasteiger partial charge is 0.323 e. The molecule has 0 radical (unpaired) electrons. The molecule has 5 N–H and O–H groups in total. The van der Waals surface area contributed by atoms with Crippen LogP contribution in [0.1, 0.15) is 6.92 Å². The molecule has 1 saturated heterocycles. The fraction of sp³-hybridized carbons (Fsp3) is 0.385. The number of carbonyl (C=O) groups excluding carboxylic acids is 1. The summed E-state index contributed by atoms with van der Waals surface area (Å²) in [7, 11) is 0. The number of nitrogens with one attached hydrogen (secondary N) is 3. The number of aromatic nitrogens is 2. The summed E-state index contributed by atoms with van der Waals surface area (Å²) >= 11 is 0. The molecule has 0 saturated carbocycles. The molecule has 0 bridgehead atoms. The van der Waals surface area contributed by atoms with Crippen LogP contribution in [-0.2, 0) is 9.53 Å². The third kappa shape index (κ3) is 2.00. The Morgan fingerprint density at radius 3 is 2.90 bits per heavy atom. The maximum absolute atomic E-state index is 12.3. The van der Waals surface area contributed by atoms with Gasteiger partial charge in [0.2, 0.25) is 5.91 Å². The Hall–Kier alpha value is -2.12. The molecule has 3 rings (SSSR count). The van der Waals surface area contributed by atoms with E-state index in [0.29, 0.717) is 29.9 Å². The van der Waals surface area contributed by atoms with Gasteiger partial charge in [0.1, 0.15) is 0 Å². The van der Waals surface area contributed by atoms with E-state index in [4.69, 9.17) is 10.5 Å². The van der Waals surface area contributed by atoms with Gasteiger partial charge in [0.15, 0.2) is 0 Å². The second kappa shape index (κ2) is 4.46. The molecule has 2 aromatic rings. The molecule has 0 spiro atoms. The molecule has 2 atom stereocenters. The van der Waals surface area contributed by atoms with E-state index in [1.165, 1.54) is 0 Å². The molecule has 7 heteroatoms. The van der Waals surface area contributed by atoms with Crippen molar-refractivity contribution in [1.82, 2.24) is 9.97 Å². The van der Waals surface area contributed by atoms with Crippen LogP contribution in [0, 0.1) is 5.41 Å². The lowest BCUT2D eigenvalue weighted by molar-refractivity contribution is -0.125. The highest BCUT2D eigenvalue weighted by Crippen LogP contribution is 2.29. The molecule has 2 unspecified atom stereocenters. The van der Waals surface area contributed by atoms with E-state index in [-0.39, 0.29) is 17.6 Å². The van der Waals surface area contributed by atoms with Crippen molar-refractivity contribution in [2.24, 2.45) is 11.1 Å². The maximum atomic E-state index is 12.3. The number of rotatable bonds is 2. The average molecular weight is 276 g/mol. The lowest BCUT2D eigenvalue weighted by Gasteiger charge is -2.25. The van der Waals surface area contributed by atoms with Crippen LogP contribution >= 0.6 is 0 Å². The van der Waals surface area contributed by atoms with Crippen molar-refractivity contribution in [3.8, 4) is 0 Å². The molecular formula is C13H16N4O3. The minimum absolute atomic E-state index is 0.181. The topological polar surface area (TPSA) is 113 Å². The van der Waals surface area contributed by atoms with Crippen LogP contribution in [0.5, 0.6) is 0 Å². The van der Waals surface area contributed by atoms with Gasteiger partial charge in [-0.3, -0.25) is 4.79 Å². The highest BCUT2D eigenvalue weighted by atomic mass is 16.5. The van der Waals surface area contributed by atoms with Crippen molar-refractivity contribution in [2.75, 3.05) is 18.5 Å². The molecule has 106 valence electrons. The summed E-state index contributed by atoms with van der Waals surface area (Å²) in [5.74, 6) is -0.181. The van der Waals surface area contributed by atoms with E-state index in [1.54, 1.807) is 25.1 Å². The molecule has 1 aliphatic heterocycles. The lowest BCUT2D eigenvalue weighted by Crippen LogP contribution is -2.47. The predicted octanol–water partition coefficient (Wildman–Crippen LogP) is 0.158. The van der Waals surface area contributed by atoms with Crippen molar-refractivity contribution in [3.05, 3.63) is 28.7 Å². The zero-order chi connectivity index (χ0) is 14.3. The summed E-state index contributed by atoms with van der Waals surface area (Å²) < 4.78 is 5.27. The zero-order valence-electron chi connectivity index (χ0n) is 11.0. The summed E-state index contributed by atoms with van der Waals surface area (Å²) in [6.45, 7) is 2.48. The molecule has 1 amide bonds. The van der Waals surface area contributed by atoms with Gasteiger partial charge in [-0.1, -0.05) is 0 Å². The summed E-state index contributed by atoms with van der Waals surface area (Å²) in [6, 6.07) is 4.85. The Kier molecular flexibility index (Phi) is 2.88. The highest BCUT2D eigenvalue weighted by Gasteiger charge is 2.44. The van der Waals surface area contributed by atoms with Crippen LogP contribution in [0.2, 0.25) is 0 Å². The zero-order valence-corrected chi connectivity index (χ0v) is 11.0. The number of ether oxygens (including phenoxy) is 1. The SMILES string of the molecule is CC1(C(=O)Nc2ccc3[nH]c(=O)[nH]c3c2)COCC1N. The lowest BCUT2D eigenvalue weighted by atomic mass is 9.85. The molecule has 1 aliphatic rings. The number of aromatic amines is 2. The number of imidazole rings is 1. The van der Waals surface area contributed by atoms with Crippen LogP contribution < -0.4 is 16.7 Å². The van der Waals surface area contributed by atoms with Crippen molar-refractivity contribution in [2.45, 2.75) is 13.0 Å². The van der Waals surface area contributed by atoms with Gasteiger partial charge >= 0.3 is 5.69 Å². The van der Waals surface area contributed by atoms with Crippen LogP contribution in [-0.4, -0.2) is 35.1 Å². The number of fused-ring (bicyclic) bond motifs is 1. The van der Waals surface area contributed by atoms with Crippen LogP contribution in [0.25, 0.3) is 11.0 Å². The molecule has 7 nitrogen and oxygen atoms in total. The molecule has 0 aliphatic carbocycles. The highest BCUT2D eigenvalue weighted by molar-refractivity contribution is 5.97. The Morgan fingerprint density at radius 2 is 2.20 bits per heavy atom. The van der Waals surface area contributed by atoms with E-state index in [9.17, 15) is 9.59 Å². The quantitative estimate of drug-likeness (QED) is 0.625. The van der Waals surface area contributed by atoms with Gasteiger partial charge < -0.3 is 25.8 Å². The number of hydrogen-bond acceptors (Lipinski definition) is 4. The summed E-state index contributed by atoms with van der Waals surface area (Å²) in [4.78, 5) is 28.8. The number of benzene rings is 1. The van der Waals surface area contributed by atoms with Crippen LogP contribution in [0.3, 0.4) is 0 Å². The second-order valence-electron chi connectivity index (χ2n) is 5.33. The van der Waals surface area contributed by atoms with E-state index in [0.717, 1.165) is 0 Å². The Morgan fingerprint density at radius 1 is 1.45 bits per heavy atom. The Balaban J connectivity index is 1.85. The van der Waals surface area contributed by atoms with E-state index in [2.05, 4.69) is 15.3 Å². The average Bonchev–Trinajstić information content (AvgIpc) is 2.92. The summed E-state index contributed by atoms with van der Waals surface area (Å²) in [6.07, 6.45) is 0. The van der Waals surface area contributed by atoms with Gasteiger partial charge in [-0.2, -0.15) is 0 Å². The monoisotopic (exact) mass is 276 g/mol. The largest absolute Gasteiger partial charge is 0.379 e. The standard InChI is InChI=1S/C13H16N4O3/c1-13(6-20-5-10(13)14)11(18)15-7-2-3-8-9(4-7)17-12(19)16-8/h2-4,10H,5-6,14H2,1H3,(H,15,18)(H2,16,17,19). The fourth-order valence-corrected chi connectivity index (χ4v) is 2.31. The number of amides is 1. The molecule has 1 aromatic heterocycles. The molecule has 20 heavy (non-hydrogen) atoms.